The molecule has 0 aliphatic heterocycles. The number of likely N-dealkylation sites (N-methyl/N-ethyl adjacent to an activating group) is 1. The van der Waals surface area contributed by atoms with E-state index in [2.05, 4.69) is 22.6 Å². The lowest BCUT2D eigenvalue weighted by Crippen LogP contribution is -2.36. The largest absolute Gasteiger partial charge is 0.480 e. The summed E-state index contributed by atoms with van der Waals surface area (Å²) in [4.78, 5) is 13.9. The molecule has 1 aromatic rings. The van der Waals surface area contributed by atoms with Gasteiger partial charge in [-0.3, -0.25) is 4.79 Å². The molecule has 0 atom stereocenters. The van der Waals surface area contributed by atoms with Crippen LogP contribution >= 0.6 is 22.6 Å². The first kappa shape index (κ1) is 14.9. The summed E-state index contributed by atoms with van der Waals surface area (Å²) in [5.74, 6) is 0.458. The van der Waals surface area contributed by atoms with Gasteiger partial charge in [0.05, 0.1) is 20.9 Å². The van der Waals surface area contributed by atoms with E-state index in [4.69, 9.17) is 15.7 Å². The van der Waals surface area contributed by atoms with E-state index < -0.39 is 0 Å². The second-order valence-electron chi connectivity index (χ2n) is 4.69. The number of hydrogen-bond donors (Lipinski definition) is 1. The van der Waals surface area contributed by atoms with Crippen LogP contribution in [0.3, 0.4) is 0 Å². The number of amides is 1. The van der Waals surface area contributed by atoms with Gasteiger partial charge in [0.2, 0.25) is 0 Å². The van der Waals surface area contributed by atoms with Crippen LogP contribution in [0.25, 0.3) is 0 Å². The van der Waals surface area contributed by atoms with Gasteiger partial charge >= 0.3 is 0 Å². The van der Waals surface area contributed by atoms with Gasteiger partial charge in [-0.15, -0.1) is 0 Å². The number of nitrogens with two attached hydrogens (primary N) is 1. The van der Waals surface area contributed by atoms with E-state index in [1.165, 1.54) is 0 Å². The average Bonchev–Trinajstić information content (AvgIpc) is 3.23. The third kappa shape index (κ3) is 3.33. The van der Waals surface area contributed by atoms with Crippen molar-refractivity contribution in [2.24, 2.45) is 0 Å². The first-order valence-electron chi connectivity index (χ1n) is 6.48. The molecule has 6 heteroatoms. The topological polar surface area (TPSA) is 79.3 Å². The summed E-state index contributed by atoms with van der Waals surface area (Å²) in [6, 6.07) is 5.66. The van der Waals surface area contributed by atoms with Crippen molar-refractivity contribution in [2.45, 2.75) is 25.8 Å². The first-order valence-corrected chi connectivity index (χ1v) is 7.56. The number of ether oxygens (including phenoxy) is 1. The van der Waals surface area contributed by atoms with Crippen molar-refractivity contribution in [2.75, 3.05) is 18.9 Å². The number of hydrogen-bond acceptors (Lipinski definition) is 4. The second kappa shape index (κ2) is 6.31. The number of nitriles is 1. The van der Waals surface area contributed by atoms with E-state index in [1.54, 1.807) is 12.1 Å². The van der Waals surface area contributed by atoms with Crippen LogP contribution < -0.4 is 10.5 Å². The Kier molecular flexibility index (Phi) is 4.70. The zero-order valence-electron chi connectivity index (χ0n) is 11.2. The number of benzene rings is 1. The van der Waals surface area contributed by atoms with Crippen molar-refractivity contribution in [3.05, 3.63) is 21.3 Å². The summed E-state index contributed by atoms with van der Waals surface area (Å²) < 4.78 is 6.29. The van der Waals surface area contributed by atoms with Crippen LogP contribution in [0.4, 0.5) is 5.69 Å². The summed E-state index contributed by atoms with van der Waals surface area (Å²) in [5.41, 5.74) is 6.73. The van der Waals surface area contributed by atoms with Gasteiger partial charge in [0.25, 0.3) is 5.91 Å². The summed E-state index contributed by atoms with van der Waals surface area (Å²) in [6.07, 6.45) is 2.16. The number of carbonyl (C=O) groups excluding carboxylic acids is 1. The lowest BCUT2D eigenvalue weighted by atomic mass is 10.2. The number of anilines is 1. The Bertz CT molecular complexity index is 541. The summed E-state index contributed by atoms with van der Waals surface area (Å²) in [7, 11) is 0. The molecular weight excluding hydrogens is 369 g/mol. The minimum atomic E-state index is -0.0189. The molecule has 1 fully saturated rings. The van der Waals surface area contributed by atoms with E-state index >= 15 is 0 Å². The van der Waals surface area contributed by atoms with E-state index in [0.717, 1.165) is 16.4 Å². The molecule has 1 aliphatic carbocycles. The molecular formula is C14H16IN3O2. The maximum absolute atomic E-state index is 12.1. The number of nitrogen functional groups attached to an aromatic ring is 1. The highest BCUT2D eigenvalue weighted by molar-refractivity contribution is 14.1. The van der Waals surface area contributed by atoms with Crippen molar-refractivity contribution in [1.82, 2.24) is 4.90 Å². The fourth-order valence-corrected chi connectivity index (χ4v) is 2.88. The SMILES string of the molecule is CCN(C(=O)COc1c(N)cc(C#N)cc1I)C1CC1. The van der Waals surface area contributed by atoms with Crippen LogP contribution in [0, 0.1) is 14.9 Å². The maximum Gasteiger partial charge on any atom is 0.260 e. The molecule has 0 saturated heterocycles. The first-order chi connectivity index (χ1) is 9.56. The number of rotatable bonds is 5. The molecule has 0 radical (unpaired) electrons. The van der Waals surface area contributed by atoms with Gasteiger partial charge < -0.3 is 15.4 Å². The van der Waals surface area contributed by atoms with E-state index in [9.17, 15) is 4.79 Å². The van der Waals surface area contributed by atoms with Crippen LogP contribution in [0.1, 0.15) is 25.3 Å². The highest BCUT2D eigenvalue weighted by Crippen LogP contribution is 2.30. The fourth-order valence-electron chi connectivity index (χ4n) is 2.07. The Labute approximate surface area is 131 Å². The number of halogens is 1. The van der Waals surface area contributed by atoms with E-state index in [0.29, 0.717) is 29.6 Å². The standard InChI is InChI=1S/C14H16IN3O2/c1-2-18(10-3-4-10)13(19)8-20-14-11(15)5-9(7-16)6-12(14)17/h5-6,10H,2-4,8,17H2,1H3. The summed E-state index contributed by atoms with van der Waals surface area (Å²) in [6.45, 7) is 2.65. The monoisotopic (exact) mass is 385 g/mol. The van der Waals surface area contributed by atoms with E-state index in [1.807, 2.05) is 17.9 Å². The Morgan fingerprint density at radius 3 is 2.80 bits per heavy atom. The van der Waals surface area contributed by atoms with Crippen LogP contribution in [0.5, 0.6) is 5.75 Å². The molecule has 20 heavy (non-hydrogen) atoms. The van der Waals surface area contributed by atoms with Crippen LogP contribution in [-0.4, -0.2) is 30.0 Å². The van der Waals surface area contributed by atoms with Crippen molar-refractivity contribution in [3.8, 4) is 11.8 Å². The molecule has 1 amide bonds. The molecule has 1 aliphatic rings. The summed E-state index contributed by atoms with van der Waals surface area (Å²) in [5, 5.41) is 8.86. The Morgan fingerprint density at radius 1 is 1.60 bits per heavy atom. The van der Waals surface area contributed by atoms with Gasteiger partial charge in [-0.05, 0) is 54.5 Å². The molecule has 5 nitrogen and oxygen atoms in total. The van der Waals surface area contributed by atoms with Crippen LogP contribution in [0.15, 0.2) is 12.1 Å². The normalized spacial score (nSPS) is 13.7. The molecule has 2 rings (SSSR count). The van der Waals surface area contributed by atoms with Gasteiger partial charge in [0.15, 0.2) is 12.4 Å². The van der Waals surface area contributed by atoms with Gasteiger partial charge in [0, 0.05) is 12.6 Å². The number of nitrogens with zero attached hydrogens (tertiary/aromatic N) is 2. The Hall–Kier alpha value is -1.49. The van der Waals surface area contributed by atoms with Crippen LogP contribution in [-0.2, 0) is 4.79 Å². The Morgan fingerprint density at radius 2 is 2.30 bits per heavy atom. The third-order valence-corrected chi connectivity index (χ3v) is 3.99. The smallest absolute Gasteiger partial charge is 0.260 e. The molecule has 0 aromatic heterocycles. The van der Waals surface area contributed by atoms with Crippen molar-refractivity contribution in [1.29, 1.82) is 5.26 Å². The molecule has 0 bridgehead atoms. The predicted molar refractivity (Wildman–Crippen MR) is 84.2 cm³/mol. The average molecular weight is 385 g/mol. The zero-order valence-corrected chi connectivity index (χ0v) is 13.4. The van der Waals surface area contributed by atoms with Gasteiger partial charge in [-0.25, -0.2) is 0 Å². The molecule has 1 saturated carbocycles. The second-order valence-corrected chi connectivity index (χ2v) is 5.85. The molecule has 106 valence electrons. The Balaban J connectivity index is 2.04. The highest BCUT2D eigenvalue weighted by Gasteiger charge is 2.31. The van der Waals surface area contributed by atoms with Gasteiger partial charge in [0.1, 0.15) is 0 Å². The maximum atomic E-state index is 12.1. The third-order valence-electron chi connectivity index (χ3n) is 3.19. The molecule has 0 unspecified atom stereocenters. The molecule has 0 spiro atoms. The lowest BCUT2D eigenvalue weighted by Gasteiger charge is -2.21. The van der Waals surface area contributed by atoms with Crippen molar-refractivity contribution < 1.29 is 9.53 Å². The van der Waals surface area contributed by atoms with Crippen LogP contribution in [0.2, 0.25) is 0 Å². The minimum absolute atomic E-state index is 0.0174. The molecule has 1 aromatic carbocycles. The minimum Gasteiger partial charge on any atom is -0.480 e. The molecule has 2 N–H and O–H groups in total. The van der Waals surface area contributed by atoms with Crippen molar-refractivity contribution in [3.63, 3.8) is 0 Å². The van der Waals surface area contributed by atoms with E-state index in [-0.39, 0.29) is 12.5 Å². The highest BCUT2D eigenvalue weighted by atomic mass is 127. The number of carbonyl (C=O) groups is 1. The van der Waals surface area contributed by atoms with Gasteiger partial charge in [-0.2, -0.15) is 5.26 Å². The predicted octanol–water partition coefficient (Wildman–Crippen LogP) is 2.13. The van der Waals surface area contributed by atoms with Gasteiger partial charge in [-0.1, -0.05) is 0 Å². The lowest BCUT2D eigenvalue weighted by molar-refractivity contribution is -0.133. The molecule has 0 heterocycles. The zero-order chi connectivity index (χ0) is 14.7. The quantitative estimate of drug-likeness (QED) is 0.622. The fraction of sp³-hybridized carbons (Fsp3) is 0.429. The summed E-state index contributed by atoms with van der Waals surface area (Å²) >= 11 is 2.05. The van der Waals surface area contributed by atoms with Crippen molar-refractivity contribution >= 4 is 34.2 Å².